The van der Waals surface area contributed by atoms with E-state index in [0.29, 0.717) is 42.9 Å². The lowest BCUT2D eigenvalue weighted by Crippen LogP contribution is -2.15. The van der Waals surface area contributed by atoms with Crippen molar-refractivity contribution in [1.29, 1.82) is 0 Å². The molecule has 0 radical (unpaired) electrons. The van der Waals surface area contributed by atoms with Gasteiger partial charge in [0.1, 0.15) is 19.0 Å². The molecule has 0 fully saturated rings. The number of ether oxygens (including phenoxy) is 3. The van der Waals surface area contributed by atoms with Gasteiger partial charge in [-0.1, -0.05) is 12.1 Å². The van der Waals surface area contributed by atoms with Crippen LogP contribution in [0.4, 0.5) is 21.8 Å². The summed E-state index contributed by atoms with van der Waals surface area (Å²) in [7, 11) is 0. The van der Waals surface area contributed by atoms with Crippen molar-refractivity contribution < 1.29 is 18.6 Å². The molecule has 0 amide bonds. The third-order valence-electron chi connectivity index (χ3n) is 4.75. The molecule has 0 saturated carbocycles. The van der Waals surface area contributed by atoms with Crippen LogP contribution in [-0.4, -0.2) is 29.8 Å². The summed E-state index contributed by atoms with van der Waals surface area (Å²) in [4.78, 5) is 8.29. The van der Waals surface area contributed by atoms with Gasteiger partial charge in [0.2, 0.25) is 5.95 Å². The first-order valence-electron chi connectivity index (χ1n) is 9.42. The second-order valence-electron chi connectivity index (χ2n) is 6.77. The van der Waals surface area contributed by atoms with Crippen LogP contribution in [0, 0.1) is 5.82 Å². The molecule has 0 aliphatic carbocycles. The van der Waals surface area contributed by atoms with E-state index < -0.39 is 5.82 Å². The molecule has 0 spiro atoms. The van der Waals surface area contributed by atoms with Gasteiger partial charge >= 0.3 is 0 Å². The van der Waals surface area contributed by atoms with E-state index in [9.17, 15) is 4.39 Å². The molecule has 7 nitrogen and oxygen atoms in total. The number of hydrogen-bond donors (Lipinski definition) is 2. The van der Waals surface area contributed by atoms with Crippen molar-refractivity contribution in [2.75, 3.05) is 30.5 Å². The van der Waals surface area contributed by atoms with Gasteiger partial charge in [0.25, 0.3) is 0 Å². The van der Waals surface area contributed by atoms with Gasteiger partial charge in [-0.2, -0.15) is 4.98 Å². The van der Waals surface area contributed by atoms with E-state index >= 15 is 0 Å². The van der Waals surface area contributed by atoms with Crippen molar-refractivity contribution in [2.24, 2.45) is 0 Å². The standard InChI is InChI=1S/C21H19FN4O3/c22-16-12-24-21(23-11-13-1-3-17-14(9-13)5-6-27-17)26-20(16)25-15-2-4-18-19(10-15)29-8-7-28-18/h1-4,9-10,12H,5-8,11H2,(H2,23,24,25,26). The smallest absolute Gasteiger partial charge is 0.225 e. The minimum atomic E-state index is -0.542. The van der Waals surface area contributed by atoms with E-state index in [1.807, 2.05) is 12.1 Å². The normalized spacial score (nSPS) is 14.1. The molecule has 148 valence electrons. The monoisotopic (exact) mass is 394 g/mol. The van der Waals surface area contributed by atoms with Crippen molar-refractivity contribution in [3.05, 3.63) is 59.5 Å². The second kappa shape index (κ2) is 7.46. The quantitative estimate of drug-likeness (QED) is 0.684. The highest BCUT2D eigenvalue weighted by Crippen LogP contribution is 2.33. The van der Waals surface area contributed by atoms with Crippen LogP contribution in [0.1, 0.15) is 11.1 Å². The maximum atomic E-state index is 14.2. The maximum absolute atomic E-state index is 14.2. The van der Waals surface area contributed by atoms with E-state index in [1.54, 1.807) is 18.2 Å². The number of nitrogens with zero attached hydrogens (tertiary/aromatic N) is 2. The zero-order chi connectivity index (χ0) is 19.6. The molecule has 2 aliphatic heterocycles. The first-order chi connectivity index (χ1) is 14.2. The summed E-state index contributed by atoms with van der Waals surface area (Å²) in [6.07, 6.45) is 2.06. The van der Waals surface area contributed by atoms with Crippen molar-refractivity contribution in [1.82, 2.24) is 9.97 Å². The number of hydrogen-bond acceptors (Lipinski definition) is 7. The third-order valence-corrected chi connectivity index (χ3v) is 4.75. The topological polar surface area (TPSA) is 77.5 Å². The largest absolute Gasteiger partial charge is 0.493 e. The first kappa shape index (κ1) is 17.5. The Morgan fingerprint density at radius 2 is 1.76 bits per heavy atom. The van der Waals surface area contributed by atoms with Crippen LogP contribution >= 0.6 is 0 Å². The molecule has 8 heteroatoms. The summed E-state index contributed by atoms with van der Waals surface area (Å²) in [6.45, 7) is 2.26. The zero-order valence-corrected chi connectivity index (χ0v) is 15.6. The lowest BCUT2D eigenvalue weighted by Gasteiger charge is -2.19. The lowest BCUT2D eigenvalue weighted by molar-refractivity contribution is 0.171. The van der Waals surface area contributed by atoms with E-state index in [2.05, 4.69) is 26.7 Å². The number of halogens is 1. The van der Waals surface area contributed by atoms with E-state index in [-0.39, 0.29) is 5.82 Å². The molecule has 1 aromatic heterocycles. The molecule has 0 unspecified atom stereocenters. The molecular weight excluding hydrogens is 375 g/mol. The van der Waals surface area contributed by atoms with Crippen molar-refractivity contribution in [3.63, 3.8) is 0 Å². The molecule has 2 N–H and O–H groups in total. The Morgan fingerprint density at radius 3 is 2.69 bits per heavy atom. The van der Waals surface area contributed by atoms with Gasteiger partial charge in [0.15, 0.2) is 23.1 Å². The Balaban J connectivity index is 1.30. The zero-order valence-electron chi connectivity index (χ0n) is 15.6. The summed E-state index contributed by atoms with van der Waals surface area (Å²) < 4.78 is 30.8. The van der Waals surface area contributed by atoms with E-state index in [4.69, 9.17) is 14.2 Å². The average molecular weight is 394 g/mol. The van der Waals surface area contributed by atoms with Crippen molar-refractivity contribution >= 4 is 17.5 Å². The number of aromatic nitrogens is 2. The molecule has 3 aromatic rings. The lowest BCUT2D eigenvalue weighted by atomic mass is 10.1. The van der Waals surface area contributed by atoms with Crippen LogP contribution in [0.15, 0.2) is 42.6 Å². The molecule has 0 saturated heterocycles. The molecule has 2 aromatic carbocycles. The SMILES string of the molecule is Fc1cnc(NCc2ccc3c(c2)CCO3)nc1Nc1ccc2c(c1)OCCO2. The van der Waals surface area contributed by atoms with E-state index in [1.165, 1.54) is 5.56 Å². The van der Waals surface area contributed by atoms with E-state index in [0.717, 1.165) is 30.5 Å². The van der Waals surface area contributed by atoms with Gasteiger partial charge in [0.05, 0.1) is 12.8 Å². The summed E-state index contributed by atoms with van der Waals surface area (Å²) in [6, 6.07) is 11.4. The highest BCUT2D eigenvalue weighted by Gasteiger charge is 2.14. The molecule has 0 bridgehead atoms. The third kappa shape index (κ3) is 3.73. The fourth-order valence-corrected chi connectivity index (χ4v) is 3.33. The Kier molecular flexibility index (Phi) is 4.51. The molecule has 5 rings (SSSR count). The van der Waals surface area contributed by atoms with Crippen LogP contribution in [-0.2, 0) is 13.0 Å². The Bertz CT molecular complexity index is 1060. The molecular formula is C21H19FN4O3. The van der Waals surface area contributed by atoms with Crippen LogP contribution in [0.5, 0.6) is 17.2 Å². The highest BCUT2D eigenvalue weighted by molar-refractivity contribution is 5.62. The Morgan fingerprint density at radius 1 is 0.931 bits per heavy atom. The summed E-state index contributed by atoms with van der Waals surface area (Å²) in [5, 5.41) is 6.12. The van der Waals surface area contributed by atoms with Gasteiger partial charge < -0.3 is 24.8 Å². The van der Waals surface area contributed by atoms with Crippen LogP contribution in [0.25, 0.3) is 0 Å². The fraction of sp³-hybridized carbons (Fsp3) is 0.238. The average Bonchev–Trinajstić information content (AvgIpc) is 3.22. The number of anilines is 3. The number of benzene rings is 2. The number of nitrogens with one attached hydrogen (secondary N) is 2. The Hall–Kier alpha value is -3.55. The summed E-state index contributed by atoms with van der Waals surface area (Å²) >= 11 is 0. The summed E-state index contributed by atoms with van der Waals surface area (Å²) in [5.74, 6) is 2.12. The molecule has 2 aliphatic rings. The highest BCUT2D eigenvalue weighted by atomic mass is 19.1. The minimum absolute atomic E-state index is 0.0848. The van der Waals surface area contributed by atoms with Gasteiger partial charge in [-0.15, -0.1) is 0 Å². The van der Waals surface area contributed by atoms with Crippen molar-refractivity contribution in [2.45, 2.75) is 13.0 Å². The molecule has 0 atom stereocenters. The predicted octanol–water partition coefficient (Wildman–Crippen LogP) is 3.68. The fourth-order valence-electron chi connectivity index (χ4n) is 3.33. The first-order valence-corrected chi connectivity index (χ1v) is 9.42. The van der Waals surface area contributed by atoms with Crippen molar-refractivity contribution in [3.8, 4) is 17.2 Å². The predicted molar refractivity (Wildman–Crippen MR) is 106 cm³/mol. The molecule has 29 heavy (non-hydrogen) atoms. The van der Waals surface area contributed by atoms with Gasteiger partial charge in [0, 0.05) is 24.7 Å². The van der Waals surface area contributed by atoms with Gasteiger partial charge in [-0.3, -0.25) is 0 Å². The van der Waals surface area contributed by atoms with Crippen LogP contribution in [0.3, 0.4) is 0 Å². The number of rotatable bonds is 5. The van der Waals surface area contributed by atoms with Gasteiger partial charge in [-0.05, 0) is 29.3 Å². The summed E-state index contributed by atoms with van der Waals surface area (Å²) in [5.41, 5.74) is 2.94. The molecule has 3 heterocycles. The number of fused-ring (bicyclic) bond motifs is 2. The van der Waals surface area contributed by atoms with Crippen LogP contribution < -0.4 is 24.8 Å². The second-order valence-corrected chi connectivity index (χ2v) is 6.77. The van der Waals surface area contributed by atoms with Crippen LogP contribution in [0.2, 0.25) is 0 Å². The minimum Gasteiger partial charge on any atom is -0.493 e. The van der Waals surface area contributed by atoms with Gasteiger partial charge in [-0.25, -0.2) is 9.37 Å². The maximum Gasteiger partial charge on any atom is 0.225 e. The Labute approximate surface area is 166 Å².